The number of hydrogen-bond donors (Lipinski definition) is 0. The highest BCUT2D eigenvalue weighted by molar-refractivity contribution is 9.10. The lowest BCUT2D eigenvalue weighted by Crippen LogP contribution is -1.87. The molecule has 3 heteroatoms. The Morgan fingerprint density at radius 1 is 1.33 bits per heavy atom. The van der Waals surface area contributed by atoms with Gasteiger partial charge in [-0.2, -0.15) is 0 Å². The average molecular weight is 223 g/mol. The van der Waals surface area contributed by atoms with Crippen molar-refractivity contribution < 1.29 is 0 Å². The summed E-state index contributed by atoms with van der Waals surface area (Å²) in [5, 5.41) is 1.85. The van der Waals surface area contributed by atoms with Crippen LogP contribution in [0.15, 0.2) is 22.7 Å². The summed E-state index contributed by atoms with van der Waals surface area (Å²) in [5.74, 6) is 0. The number of rotatable bonds is 0. The molecule has 0 amide bonds. The maximum atomic E-state index is 5.71. The zero-order chi connectivity index (χ0) is 6.85. The highest BCUT2D eigenvalue weighted by Gasteiger charge is 1.90. The van der Waals surface area contributed by atoms with Crippen molar-refractivity contribution in [2.45, 2.75) is 0 Å². The third-order valence-electron chi connectivity index (χ3n) is 0.885. The summed E-state index contributed by atoms with van der Waals surface area (Å²) >= 11 is 9.02. The van der Waals surface area contributed by atoms with Gasteiger partial charge in [-0.05, 0) is 23.5 Å². The molecule has 0 nitrogen and oxygen atoms in total. The third-order valence-corrected chi connectivity index (χ3v) is 1.89. The minimum atomic E-state index is 0.759. The van der Waals surface area contributed by atoms with Crippen LogP contribution in [-0.4, -0.2) is 0 Å². The molecule has 0 aliphatic heterocycles. The van der Waals surface area contributed by atoms with E-state index in [0.717, 1.165) is 14.8 Å². The van der Waals surface area contributed by atoms with Gasteiger partial charge in [0, 0.05) is 9.50 Å². The Balaban J connectivity index is 3.17. The molecule has 1 unspecified atom stereocenters. The van der Waals surface area contributed by atoms with Crippen LogP contribution in [0.5, 0.6) is 0 Å². The van der Waals surface area contributed by atoms with Gasteiger partial charge in [-0.25, -0.2) is 0 Å². The predicted molar refractivity (Wildman–Crippen MR) is 48.5 cm³/mol. The van der Waals surface area contributed by atoms with Crippen molar-refractivity contribution in [1.82, 2.24) is 0 Å². The van der Waals surface area contributed by atoms with Gasteiger partial charge in [0.05, 0.1) is 0 Å². The van der Waals surface area contributed by atoms with Crippen LogP contribution >= 0.6 is 36.8 Å². The summed E-state index contributed by atoms with van der Waals surface area (Å²) in [7, 11) is 2.58. The molecule has 0 N–H and O–H groups in total. The molecule has 0 saturated carbocycles. The SMILES string of the molecule is Pc1cc(Cl)cc(Br)c1. The third kappa shape index (κ3) is 2.25. The zero-order valence-electron chi connectivity index (χ0n) is 4.57. The number of hydrogen-bond acceptors (Lipinski definition) is 0. The smallest absolute Gasteiger partial charge is 0.0423 e. The fraction of sp³-hybridized carbons (Fsp3) is 0. The Morgan fingerprint density at radius 2 is 2.00 bits per heavy atom. The van der Waals surface area contributed by atoms with E-state index in [0.29, 0.717) is 0 Å². The Bertz CT molecular complexity index is 174. The second-order valence-corrected chi connectivity index (χ2v) is 3.72. The van der Waals surface area contributed by atoms with E-state index in [9.17, 15) is 0 Å². The van der Waals surface area contributed by atoms with Crippen LogP contribution in [0.1, 0.15) is 0 Å². The lowest BCUT2D eigenvalue weighted by molar-refractivity contribution is 1.70. The topological polar surface area (TPSA) is 0 Å². The van der Waals surface area contributed by atoms with Crippen LogP contribution in [-0.2, 0) is 0 Å². The molecule has 0 aromatic heterocycles. The second-order valence-electron chi connectivity index (χ2n) is 1.70. The summed E-state index contributed by atoms with van der Waals surface area (Å²) in [5.41, 5.74) is 0. The van der Waals surface area contributed by atoms with Gasteiger partial charge in [0.2, 0.25) is 0 Å². The summed E-state index contributed by atoms with van der Waals surface area (Å²) in [6.45, 7) is 0. The molecule has 0 fully saturated rings. The first-order valence-electron chi connectivity index (χ1n) is 2.40. The minimum Gasteiger partial charge on any atom is -0.106 e. The lowest BCUT2D eigenvalue weighted by Gasteiger charge is -1.93. The maximum absolute atomic E-state index is 5.71. The van der Waals surface area contributed by atoms with Crippen molar-refractivity contribution in [1.29, 1.82) is 0 Å². The van der Waals surface area contributed by atoms with Gasteiger partial charge in [0.15, 0.2) is 0 Å². The summed E-state index contributed by atoms with van der Waals surface area (Å²) in [4.78, 5) is 0. The molecule has 1 rings (SSSR count). The molecule has 1 atom stereocenters. The van der Waals surface area contributed by atoms with Gasteiger partial charge < -0.3 is 0 Å². The Hall–Kier alpha value is 0.420. The van der Waals surface area contributed by atoms with Crippen LogP contribution in [0.3, 0.4) is 0 Å². The Labute approximate surface area is 69.9 Å². The van der Waals surface area contributed by atoms with Crippen molar-refractivity contribution in [2.75, 3.05) is 0 Å². The van der Waals surface area contributed by atoms with E-state index in [-0.39, 0.29) is 0 Å². The van der Waals surface area contributed by atoms with Crippen molar-refractivity contribution >= 4 is 42.1 Å². The van der Waals surface area contributed by atoms with Gasteiger partial charge in [0.25, 0.3) is 0 Å². The summed E-state index contributed by atoms with van der Waals surface area (Å²) in [6, 6.07) is 5.72. The molecular formula is C6H5BrClP. The first kappa shape index (κ1) is 7.53. The largest absolute Gasteiger partial charge is 0.106 e. The van der Waals surface area contributed by atoms with Crippen molar-refractivity contribution in [3.8, 4) is 0 Å². The molecule has 1 aromatic rings. The number of benzene rings is 1. The van der Waals surface area contributed by atoms with Crippen molar-refractivity contribution in [3.05, 3.63) is 27.7 Å². The molecule has 9 heavy (non-hydrogen) atoms. The zero-order valence-corrected chi connectivity index (χ0v) is 8.06. The van der Waals surface area contributed by atoms with Gasteiger partial charge >= 0.3 is 0 Å². The molecule has 0 heterocycles. The first-order chi connectivity index (χ1) is 4.18. The molecule has 0 aliphatic carbocycles. The van der Waals surface area contributed by atoms with E-state index in [1.54, 1.807) is 0 Å². The predicted octanol–water partition coefficient (Wildman–Crippen LogP) is 2.60. The van der Waals surface area contributed by atoms with E-state index >= 15 is 0 Å². The van der Waals surface area contributed by atoms with Crippen LogP contribution in [0, 0.1) is 0 Å². The van der Waals surface area contributed by atoms with Gasteiger partial charge in [0.1, 0.15) is 0 Å². The minimum absolute atomic E-state index is 0.759. The first-order valence-corrected chi connectivity index (χ1v) is 4.15. The molecule has 1 aromatic carbocycles. The van der Waals surface area contributed by atoms with Gasteiger partial charge in [-0.15, -0.1) is 9.24 Å². The van der Waals surface area contributed by atoms with E-state index in [1.807, 2.05) is 18.2 Å². The van der Waals surface area contributed by atoms with Gasteiger partial charge in [-0.1, -0.05) is 27.5 Å². The van der Waals surface area contributed by atoms with Crippen molar-refractivity contribution in [3.63, 3.8) is 0 Å². The average Bonchev–Trinajstić information content (AvgIpc) is 1.59. The fourth-order valence-corrected chi connectivity index (χ4v) is 2.17. The normalized spacial score (nSPS) is 9.67. The second kappa shape index (κ2) is 3.01. The van der Waals surface area contributed by atoms with Crippen LogP contribution in [0.4, 0.5) is 0 Å². The Morgan fingerprint density at radius 3 is 2.44 bits per heavy atom. The lowest BCUT2D eigenvalue weighted by atomic mass is 10.4. The van der Waals surface area contributed by atoms with E-state index < -0.39 is 0 Å². The van der Waals surface area contributed by atoms with Crippen LogP contribution in [0.25, 0.3) is 0 Å². The molecule has 0 spiro atoms. The molecular weight excluding hydrogens is 218 g/mol. The molecule has 0 aliphatic rings. The molecule has 0 saturated heterocycles. The van der Waals surface area contributed by atoms with E-state index in [2.05, 4.69) is 25.2 Å². The summed E-state index contributed by atoms with van der Waals surface area (Å²) in [6.07, 6.45) is 0. The molecule has 0 bridgehead atoms. The quantitative estimate of drug-likeness (QED) is 0.593. The fourth-order valence-electron chi connectivity index (χ4n) is 0.575. The molecule has 0 radical (unpaired) electrons. The highest BCUT2D eigenvalue weighted by atomic mass is 79.9. The molecule has 48 valence electrons. The standard InChI is InChI=1S/C6H5BrClP/c7-4-1-5(8)3-6(9)2-4/h1-3H,9H2. The highest BCUT2D eigenvalue weighted by Crippen LogP contribution is 2.15. The van der Waals surface area contributed by atoms with Crippen molar-refractivity contribution in [2.24, 2.45) is 0 Å². The Kier molecular flexibility index (Phi) is 2.51. The summed E-state index contributed by atoms with van der Waals surface area (Å²) < 4.78 is 1.01. The maximum Gasteiger partial charge on any atom is 0.0423 e. The van der Waals surface area contributed by atoms with Crippen LogP contribution < -0.4 is 5.30 Å². The van der Waals surface area contributed by atoms with E-state index in [4.69, 9.17) is 11.6 Å². The van der Waals surface area contributed by atoms with Crippen LogP contribution in [0.2, 0.25) is 5.02 Å². The monoisotopic (exact) mass is 222 g/mol. The van der Waals surface area contributed by atoms with E-state index in [1.165, 1.54) is 0 Å². The number of halogens is 2. The van der Waals surface area contributed by atoms with Gasteiger partial charge in [-0.3, -0.25) is 0 Å².